The fourth-order valence-electron chi connectivity index (χ4n) is 2.01. The first-order chi connectivity index (χ1) is 8.29. The summed E-state index contributed by atoms with van der Waals surface area (Å²) in [6.45, 7) is 0. The highest BCUT2D eigenvalue weighted by molar-refractivity contribution is 7.08. The van der Waals surface area contributed by atoms with Crippen molar-refractivity contribution in [1.29, 1.82) is 5.26 Å². The second-order valence-corrected chi connectivity index (χ2v) is 4.96. The Morgan fingerprint density at radius 1 is 1.53 bits per heavy atom. The lowest BCUT2D eigenvalue weighted by Gasteiger charge is -2.10. The van der Waals surface area contributed by atoms with Crippen LogP contribution in [0, 0.1) is 11.3 Å². The van der Waals surface area contributed by atoms with Crippen molar-refractivity contribution in [3.05, 3.63) is 28.0 Å². The summed E-state index contributed by atoms with van der Waals surface area (Å²) in [7, 11) is 0. The lowest BCUT2D eigenvalue weighted by Crippen LogP contribution is -2.33. The van der Waals surface area contributed by atoms with Gasteiger partial charge in [0.2, 0.25) is 0 Å². The number of carbonyl (C=O) groups is 1. The second-order valence-electron chi connectivity index (χ2n) is 4.18. The molecule has 1 aliphatic carbocycles. The van der Waals surface area contributed by atoms with E-state index in [-0.39, 0.29) is 17.5 Å². The number of nitrogens with one attached hydrogen (secondary N) is 1. The summed E-state index contributed by atoms with van der Waals surface area (Å²) >= 11 is 1.55. The number of nitrogens with zero attached hydrogens (tertiary/aromatic N) is 1. The minimum absolute atomic E-state index is 0.190. The third kappa shape index (κ3) is 3.18. The van der Waals surface area contributed by atoms with Crippen LogP contribution in [-0.2, 0) is 4.79 Å². The average molecular weight is 246 g/mol. The van der Waals surface area contributed by atoms with Crippen LogP contribution >= 0.6 is 11.3 Å². The molecule has 0 atom stereocenters. The number of hydrogen-bond donors (Lipinski definition) is 1. The van der Waals surface area contributed by atoms with E-state index in [4.69, 9.17) is 5.26 Å². The van der Waals surface area contributed by atoms with Gasteiger partial charge in [0, 0.05) is 6.04 Å². The molecule has 0 unspecified atom stereocenters. The average Bonchev–Trinajstić information content (AvgIpc) is 2.97. The standard InChI is InChI=1S/C13H14N2OS/c14-8-11(7-10-5-6-17-9-10)13(16)15-12-3-1-2-4-12/h5-7,9,12H,1-4H2,(H,15,16)/b11-7+. The summed E-state index contributed by atoms with van der Waals surface area (Å²) in [5, 5.41) is 15.8. The van der Waals surface area contributed by atoms with Gasteiger partial charge in [-0.3, -0.25) is 4.79 Å². The third-order valence-electron chi connectivity index (χ3n) is 2.91. The molecule has 1 fully saturated rings. The molecule has 1 aromatic rings. The SMILES string of the molecule is N#C/C(=C\c1ccsc1)C(=O)NC1CCCC1. The van der Waals surface area contributed by atoms with E-state index in [0.717, 1.165) is 18.4 Å². The monoisotopic (exact) mass is 246 g/mol. The molecule has 0 aromatic carbocycles. The predicted octanol–water partition coefficient (Wildman–Crippen LogP) is 2.71. The lowest BCUT2D eigenvalue weighted by molar-refractivity contribution is -0.117. The largest absolute Gasteiger partial charge is 0.349 e. The number of thiophene rings is 1. The van der Waals surface area contributed by atoms with E-state index in [9.17, 15) is 4.79 Å². The molecule has 1 aliphatic rings. The van der Waals surface area contributed by atoms with Crippen molar-refractivity contribution in [2.45, 2.75) is 31.7 Å². The Balaban J connectivity index is 2.03. The van der Waals surface area contributed by atoms with Crippen molar-refractivity contribution in [2.24, 2.45) is 0 Å². The van der Waals surface area contributed by atoms with Crippen LogP contribution < -0.4 is 5.32 Å². The van der Waals surface area contributed by atoms with Crippen molar-refractivity contribution in [1.82, 2.24) is 5.32 Å². The summed E-state index contributed by atoms with van der Waals surface area (Å²) in [4.78, 5) is 11.9. The molecule has 1 aromatic heterocycles. The molecule has 2 rings (SSSR count). The van der Waals surface area contributed by atoms with Crippen LogP contribution in [0.1, 0.15) is 31.2 Å². The molecule has 1 amide bonds. The molecule has 1 heterocycles. The maximum Gasteiger partial charge on any atom is 0.262 e. The Bertz CT molecular complexity index is 450. The molecule has 3 nitrogen and oxygen atoms in total. The van der Waals surface area contributed by atoms with Crippen LogP contribution in [0.5, 0.6) is 0 Å². The van der Waals surface area contributed by atoms with E-state index in [0.29, 0.717) is 0 Å². The Morgan fingerprint density at radius 2 is 2.29 bits per heavy atom. The fraction of sp³-hybridized carbons (Fsp3) is 0.385. The van der Waals surface area contributed by atoms with Gasteiger partial charge in [0.15, 0.2) is 0 Å². The van der Waals surface area contributed by atoms with Gasteiger partial charge in [-0.1, -0.05) is 12.8 Å². The van der Waals surface area contributed by atoms with Crippen molar-refractivity contribution < 1.29 is 4.79 Å². The van der Waals surface area contributed by atoms with E-state index in [1.54, 1.807) is 17.4 Å². The third-order valence-corrected chi connectivity index (χ3v) is 3.61. The summed E-state index contributed by atoms with van der Waals surface area (Å²) in [5.41, 5.74) is 1.10. The van der Waals surface area contributed by atoms with Crippen LogP contribution in [0.3, 0.4) is 0 Å². The molecular weight excluding hydrogens is 232 g/mol. The molecule has 17 heavy (non-hydrogen) atoms. The molecule has 1 N–H and O–H groups in total. The quantitative estimate of drug-likeness (QED) is 0.658. The minimum atomic E-state index is -0.245. The van der Waals surface area contributed by atoms with E-state index < -0.39 is 0 Å². The van der Waals surface area contributed by atoms with E-state index in [1.165, 1.54) is 12.8 Å². The van der Waals surface area contributed by atoms with Gasteiger partial charge in [0.1, 0.15) is 11.6 Å². The minimum Gasteiger partial charge on any atom is -0.349 e. The van der Waals surface area contributed by atoms with E-state index >= 15 is 0 Å². The van der Waals surface area contributed by atoms with E-state index in [2.05, 4.69) is 5.32 Å². The van der Waals surface area contributed by atoms with Gasteiger partial charge in [-0.25, -0.2) is 0 Å². The van der Waals surface area contributed by atoms with Gasteiger partial charge >= 0.3 is 0 Å². The molecule has 1 saturated carbocycles. The Hall–Kier alpha value is -1.60. The topological polar surface area (TPSA) is 52.9 Å². The molecular formula is C13H14N2OS. The van der Waals surface area contributed by atoms with Crippen LogP contribution in [-0.4, -0.2) is 11.9 Å². The summed E-state index contributed by atoms with van der Waals surface area (Å²) in [5.74, 6) is -0.245. The second kappa shape index (κ2) is 5.65. The van der Waals surface area contributed by atoms with Crippen molar-refractivity contribution in [3.8, 4) is 6.07 Å². The number of rotatable bonds is 3. The number of amides is 1. The van der Waals surface area contributed by atoms with E-state index in [1.807, 2.05) is 22.9 Å². The zero-order chi connectivity index (χ0) is 12.1. The van der Waals surface area contributed by atoms with Crippen molar-refractivity contribution in [2.75, 3.05) is 0 Å². The van der Waals surface area contributed by atoms with Crippen LogP contribution in [0.25, 0.3) is 6.08 Å². The van der Waals surface area contributed by atoms with Crippen molar-refractivity contribution in [3.63, 3.8) is 0 Å². The molecule has 0 bridgehead atoms. The zero-order valence-corrected chi connectivity index (χ0v) is 10.3. The van der Waals surface area contributed by atoms with Gasteiger partial charge in [-0.15, -0.1) is 0 Å². The van der Waals surface area contributed by atoms with Gasteiger partial charge in [0.25, 0.3) is 5.91 Å². The molecule has 88 valence electrons. The van der Waals surface area contributed by atoms with Gasteiger partial charge < -0.3 is 5.32 Å². The lowest BCUT2D eigenvalue weighted by atomic mass is 10.1. The Kier molecular flexibility index (Phi) is 3.94. The van der Waals surface area contributed by atoms with Gasteiger partial charge in [-0.2, -0.15) is 16.6 Å². The zero-order valence-electron chi connectivity index (χ0n) is 9.48. The smallest absolute Gasteiger partial charge is 0.262 e. The first-order valence-corrected chi connectivity index (χ1v) is 6.69. The highest BCUT2D eigenvalue weighted by Gasteiger charge is 2.19. The summed E-state index contributed by atoms with van der Waals surface area (Å²) < 4.78 is 0. The number of nitriles is 1. The summed E-state index contributed by atoms with van der Waals surface area (Å²) in [6.07, 6.45) is 6.04. The first kappa shape index (κ1) is 11.9. The first-order valence-electron chi connectivity index (χ1n) is 5.74. The molecule has 0 saturated heterocycles. The van der Waals surface area contributed by atoms with Gasteiger partial charge in [-0.05, 0) is 41.3 Å². The highest BCUT2D eigenvalue weighted by atomic mass is 32.1. The van der Waals surface area contributed by atoms with Crippen LogP contribution in [0.4, 0.5) is 0 Å². The Labute approximate surface area is 105 Å². The number of carbonyl (C=O) groups excluding carboxylic acids is 1. The number of hydrogen-bond acceptors (Lipinski definition) is 3. The molecule has 0 radical (unpaired) electrons. The summed E-state index contributed by atoms with van der Waals surface area (Å²) in [6, 6.07) is 4.11. The van der Waals surface area contributed by atoms with Crippen LogP contribution in [0.2, 0.25) is 0 Å². The fourth-order valence-corrected chi connectivity index (χ4v) is 2.62. The highest BCUT2D eigenvalue weighted by Crippen LogP contribution is 2.18. The van der Waals surface area contributed by atoms with Crippen LogP contribution in [0.15, 0.2) is 22.4 Å². The van der Waals surface area contributed by atoms with Crippen molar-refractivity contribution >= 4 is 23.3 Å². The van der Waals surface area contributed by atoms with Gasteiger partial charge in [0.05, 0.1) is 0 Å². The predicted molar refractivity (Wildman–Crippen MR) is 68.3 cm³/mol. The maximum atomic E-state index is 11.9. The maximum absolute atomic E-state index is 11.9. The normalized spacial score (nSPS) is 16.8. The molecule has 0 aliphatic heterocycles. The Morgan fingerprint density at radius 3 is 2.88 bits per heavy atom. The molecule has 0 spiro atoms. The molecule has 4 heteroatoms.